The van der Waals surface area contributed by atoms with Crippen LogP contribution in [0.4, 0.5) is 0 Å². The van der Waals surface area contributed by atoms with Crippen molar-refractivity contribution in [3.8, 4) is 0 Å². The summed E-state index contributed by atoms with van der Waals surface area (Å²) in [5.74, 6) is 0.811. The zero-order valence-corrected chi connectivity index (χ0v) is 13.7. The van der Waals surface area contributed by atoms with Gasteiger partial charge in [0.2, 0.25) is 0 Å². The Morgan fingerprint density at radius 3 is 2.55 bits per heavy atom. The van der Waals surface area contributed by atoms with Crippen LogP contribution >= 0.6 is 0 Å². The number of nitrogens with zero attached hydrogens (tertiary/aromatic N) is 1. The van der Waals surface area contributed by atoms with Crippen molar-refractivity contribution in [3.63, 3.8) is 0 Å². The molecule has 0 radical (unpaired) electrons. The van der Waals surface area contributed by atoms with E-state index in [-0.39, 0.29) is 5.54 Å². The van der Waals surface area contributed by atoms with E-state index in [1.54, 1.807) is 0 Å². The first-order valence-electron chi connectivity index (χ1n) is 7.91. The fourth-order valence-electron chi connectivity index (χ4n) is 4.12. The minimum atomic E-state index is 0.235. The van der Waals surface area contributed by atoms with Crippen LogP contribution in [0.15, 0.2) is 24.3 Å². The van der Waals surface area contributed by atoms with Crippen molar-refractivity contribution in [2.75, 3.05) is 21.1 Å². The topological polar surface area (TPSA) is 15.3 Å². The number of likely N-dealkylation sites (N-methyl/N-ethyl adjacent to an activating group) is 2. The Hall–Kier alpha value is -0.860. The quantitative estimate of drug-likeness (QED) is 0.899. The molecule has 1 N–H and O–H groups in total. The second-order valence-corrected chi connectivity index (χ2v) is 6.78. The van der Waals surface area contributed by atoms with Crippen molar-refractivity contribution in [1.29, 1.82) is 0 Å². The summed E-state index contributed by atoms with van der Waals surface area (Å²) in [6, 6.07) is 9.23. The maximum Gasteiger partial charge on any atom is 0.0507 e. The fraction of sp³-hybridized carbons (Fsp3) is 0.667. The highest BCUT2D eigenvalue weighted by atomic mass is 15.2. The van der Waals surface area contributed by atoms with E-state index in [1.807, 2.05) is 0 Å². The van der Waals surface area contributed by atoms with Gasteiger partial charge in [-0.15, -0.1) is 0 Å². The Morgan fingerprint density at radius 1 is 1.30 bits per heavy atom. The van der Waals surface area contributed by atoms with Gasteiger partial charge in [0.15, 0.2) is 0 Å². The van der Waals surface area contributed by atoms with Gasteiger partial charge in [-0.05, 0) is 58.0 Å². The van der Waals surface area contributed by atoms with Crippen LogP contribution in [0, 0.1) is 12.8 Å². The number of hydrogen-bond acceptors (Lipinski definition) is 2. The molecule has 0 saturated heterocycles. The van der Waals surface area contributed by atoms with Crippen LogP contribution in [0.3, 0.4) is 0 Å². The van der Waals surface area contributed by atoms with Crippen LogP contribution in [0.5, 0.6) is 0 Å². The molecule has 2 rings (SSSR count). The molecule has 2 heteroatoms. The molecule has 0 heterocycles. The SMILES string of the molecule is CNC(c1ccccc1C)C1(N(C)C)CCCC(C)C1. The fourth-order valence-corrected chi connectivity index (χ4v) is 4.12. The van der Waals surface area contributed by atoms with Crippen LogP contribution in [0.25, 0.3) is 0 Å². The zero-order valence-electron chi connectivity index (χ0n) is 13.7. The van der Waals surface area contributed by atoms with Gasteiger partial charge in [-0.3, -0.25) is 0 Å². The first kappa shape index (κ1) is 15.5. The number of hydrogen-bond donors (Lipinski definition) is 1. The number of rotatable bonds is 4. The van der Waals surface area contributed by atoms with Gasteiger partial charge >= 0.3 is 0 Å². The molecule has 1 aromatic carbocycles. The smallest absolute Gasteiger partial charge is 0.0507 e. The van der Waals surface area contributed by atoms with Gasteiger partial charge in [-0.25, -0.2) is 0 Å². The van der Waals surface area contributed by atoms with E-state index in [0.717, 1.165) is 5.92 Å². The molecule has 1 fully saturated rings. The van der Waals surface area contributed by atoms with Crippen molar-refractivity contribution < 1.29 is 0 Å². The highest BCUT2D eigenvalue weighted by Crippen LogP contribution is 2.44. The Labute approximate surface area is 124 Å². The highest BCUT2D eigenvalue weighted by Gasteiger charge is 2.44. The number of nitrogens with one attached hydrogen (secondary N) is 1. The third-order valence-electron chi connectivity index (χ3n) is 5.22. The van der Waals surface area contributed by atoms with Crippen molar-refractivity contribution in [2.24, 2.45) is 5.92 Å². The van der Waals surface area contributed by atoms with Gasteiger partial charge in [-0.2, -0.15) is 0 Å². The number of benzene rings is 1. The second kappa shape index (κ2) is 6.28. The van der Waals surface area contributed by atoms with E-state index in [2.05, 4.69) is 69.5 Å². The molecule has 1 aliphatic rings. The summed E-state index contributed by atoms with van der Waals surface area (Å²) in [6.45, 7) is 4.64. The summed E-state index contributed by atoms with van der Waals surface area (Å²) < 4.78 is 0. The predicted molar refractivity (Wildman–Crippen MR) is 87.0 cm³/mol. The molecular weight excluding hydrogens is 244 g/mol. The summed E-state index contributed by atoms with van der Waals surface area (Å²) in [7, 11) is 6.61. The van der Waals surface area contributed by atoms with Crippen LogP contribution in [0.1, 0.15) is 49.8 Å². The van der Waals surface area contributed by atoms with Gasteiger partial charge in [-0.1, -0.05) is 44.0 Å². The van der Waals surface area contributed by atoms with E-state index >= 15 is 0 Å². The summed E-state index contributed by atoms with van der Waals surface area (Å²) >= 11 is 0. The summed E-state index contributed by atoms with van der Waals surface area (Å²) in [4.78, 5) is 2.47. The van der Waals surface area contributed by atoms with Crippen LogP contribution in [-0.4, -0.2) is 31.6 Å². The average molecular weight is 274 g/mol. The Bertz CT molecular complexity index is 441. The molecule has 0 aromatic heterocycles. The summed E-state index contributed by atoms with van der Waals surface area (Å²) in [5, 5.41) is 3.63. The highest BCUT2D eigenvalue weighted by molar-refractivity contribution is 5.32. The molecule has 1 aromatic rings. The average Bonchev–Trinajstić information content (AvgIpc) is 2.41. The molecule has 0 spiro atoms. The molecule has 0 bridgehead atoms. The molecule has 1 saturated carbocycles. The lowest BCUT2D eigenvalue weighted by molar-refractivity contribution is 0.0391. The molecule has 2 nitrogen and oxygen atoms in total. The molecule has 20 heavy (non-hydrogen) atoms. The number of aryl methyl sites for hydroxylation is 1. The molecule has 112 valence electrons. The second-order valence-electron chi connectivity index (χ2n) is 6.78. The standard InChI is InChI=1S/C18H30N2/c1-14-9-8-12-18(13-14,20(4)5)17(19-3)16-11-7-6-10-15(16)2/h6-7,10-11,14,17,19H,8-9,12-13H2,1-5H3. The first-order chi connectivity index (χ1) is 9.51. The summed E-state index contributed by atoms with van der Waals surface area (Å²) in [6.07, 6.45) is 5.27. The summed E-state index contributed by atoms with van der Waals surface area (Å²) in [5.41, 5.74) is 3.09. The van der Waals surface area contributed by atoms with Crippen molar-refractivity contribution in [2.45, 2.75) is 51.1 Å². The maximum absolute atomic E-state index is 3.63. The lowest BCUT2D eigenvalue weighted by Crippen LogP contribution is -2.55. The van der Waals surface area contributed by atoms with Crippen LogP contribution in [-0.2, 0) is 0 Å². The van der Waals surface area contributed by atoms with Crippen LogP contribution in [0.2, 0.25) is 0 Å². The molecule has 0 aliphatic heterocycles. The minimum absolute atomic E-state index is 0.235. The van der Waals surface area contributed by atoms with Crippen molar-refractivity contribution >= 4 is 0 Å². The van der Waals surface area contributed by atoms with Crippen molar-refractivity contribution in [1.82, 2.24) is 10.2 Å². The monoisotopic (exact) mass is 274 g/mol. The molecule has 3 atom stereocenters. The normalized spacial score (nSPS) is 28.6. The van der Waals surface area contributed by atoms with Gasteiger partial charge in [0.05, 0.1) is 6.04 Å². The third-order valence-corrected chi connectivity index (χ3v) is 5.22. The van der Waals surface area contributed by atoms with Crippen LogP contribution < -0.4 is 5.32 Å². The Balaban J connectivity index is 2.43. The van der Waals surface area contributed by atoms with Gasteiger partial charge < -0.3 is 10.2 Å². The lowest BCUT2D eigenvalue weighted by Gasteiger charge is -2.50. The molecule has 0 amide bonds. The largest absolute Gasteiger partial charge is 0.311 e. The zero-order chi connectivity index (χ0) is 14.8. The first-order valence-corrected chi connectivity index (χ1v) is 7.91. The van der Waals surface area contributed by atoms with E-state index in [0.29, 0.717) is 6.04 Å². The minimum Gasteiger partial charge on any atom is -0.311 e. The van der Waals surface area contributed by atoms with Crippen molar-refractivity contribution in [3.05, 3.63) is 35.4 Å². The van der Waals surface area contributed by atoms with Gasteiger partial charge in [0.1, 0.15) is 0 Å². The Morgan fingerprint density at radius 2 is 2.00 bits per heavy atom. The maximum atomic E-state index is 3.63. The van der Waals surface area contributed by atoms with E-state index in [4.69, 9.17) is 0 Å². The Kier molecular flexibility index (Phi) is 4.87. The molecule has 3 unspecified atom stereocenters. The molecule has 1 aliphatic carbocycles. The lowest BCUT2D eigenvalue weighted by atomic mass is 9.69. The predicted octanol–water partition coefficient (Wildman–Crippen LogP) is 3.77. The van der Waals surface area contributed by atoms with Gasteiger partial charge in [0, 0.05) is 5.54 Å². The molecular formula is C18H30N2. The third kappa shape index (κ3) is 2.77. The van der Waals surface area contributed by atoms with E-state index in [1.165, 1.54) is 36.8 Å². The van der Waals surface area contributed by atoms with E-state index in [9.17, 15) is 0 Å². The van der Waals surface area contributed by atoms with E-state index < -0.39 is 0 Å². The van der Waals surface area contributed by atoms with Gasteiger partial charge in [0.25, 0.3) is 0 Å².